The molecule has 0 fully saturated rings. The average molecular weight is 382 g/mol. The lowest BCUT2D eigenvalue weighted by molar-refractivity contribution is -0.120. The van der Waals surface area contributed by atoms with E-state index in [1.165, 1.54) is 11.8 Å². The molecule has 0 unspecified atom stereocenters. The van der Waals surface area contributed by atoms with Crippen LogP contribution in [0.5, 0.6) is 0 Å². The second kappa shape index (κ2) is 7.96. The van der Waals surface area contributed by atoms with Crippen molar-refractivity contribution in [1.82, 2.24) is 14.9 Å². The highest BCUT2D eigenvalue weighted by atomic mass is 32.2. The lowest BCUT2D eigenvalue weighted by Gasteiger charge is -2.18. The Morgan fingerprint density at radius 1 is 1.22 bits per heavy atom. The average Bonchev–Trinajstić information content (AvgIpc) is 2.64. The van der Waals surface area contributed by atoms with Gasteiger partial charge in [0.15, 0.2) is 5.16 Å². The van der Waals surface area contributed by atoms with Gasteiger partial charge in [-0.15, -0.1) is 0 Å². The second-order valence-electron chi connectivity index (χ2n) is 6.50. The lowest BCUT2D eigenvalue weighted by atomic mass is 10.1. The van der Waals surface area contributed by atoms with Crippen LogP contribution in [0.3, 0.4) is 0 Å². The van der Waals surface area contributed by atoms with Crippen LogP contribution in [0.15, 0.2) is 52.4 Å². The van der Waals surface area contributed by atoms with Crippen molar-refractivity contribution >= 4 is 28.6 Å². The van der Waals surface area contributed by atoms with Crippen LogP contribution in [0, 0.1) is 13.8 Å². The van der Waals surface area contributed by atoms with E-state index < -0.39 is 0 Å². The van der Waals surface area contributed by atoms with Crippen molar-refractivity contribution < 1.29 is 4.79 Å². The molecule has 1 N–H and O–H groups in total. The molecular formula is C21H23N3O2S. The van der Waals surface area contributed by atoms with Crippen LogP contribution in [0.4, 0.5) is 0 Å². The molecule has 0 radical (unpaired) electrons. The van der Waals surface area contributed by atoms with E-state index in [0.717, 1.165) is 16.8 Å². The molecule has 0 aliphatic rings. The number of nitrogens with zero attached hydrogens (tertiary/aromatic N) is 2. The first-order valence-electron chi connectivity index (χ1n) is 8.96. The summed E-state index contributed by atoms with van der Waals surface area (Å²) in [6, 6.07) is 13.3. The molecule has 140 valence electrons. The molecule has 27 heavy (non-hydrogen) atoms. The van der Waals surface area contributed by atoms with E-state index >= 15 is 0 Å². The molecule has 0 aliphatic heterocycles. The summed E-state index contributed by atoms with van der Waals surface area (Å²) < 4.78 is 1.63. The fourth-order valence-corrected chi connectivity index (χ4v) is 3.84. The van der Waals surface area contributed by atoms with Gasteiger partial charge in [0.1, 0.15) is 0 Å². The van der Waals surface area contributed by atoms with Gasteiger partial charge in [-0.3, -0.25) is 14.2 Å². The number of para-hydroxylation sites is 1. The van der Waals surface area contributed by atoms with Gasteiger partial charge in [-0.2, -0.15) is 0 Å². The minimum atomic E-state index is -0.366. The highest BCUT2D eigenvalue weighted by Crippen LogP contribution is 2.26. The smallest absolute Gasteiger partial charge is 0.266 e. The van der Waals surface area contributed by atoms with Crippen LogP contribution in [0.25, 0.3) is 16.6 Å². The van der Waals surface area contributed by atoms with Crippen LogP contribution in [0.2, 0.25) is 0 Å². The molecule has 3 rings (SSSR count). The zero-order valence-corrected chi connectivity index (χ0v) is 16.8. The number of amides is 1. The van der Waals surface area contributed by atoms with Gasteiger partial charge in [0.25, 0.3) is 5.56 Å². The zero-order valence-electron chi connectivity index (χ0n) is 15.9. The first-order valence-corrected chi connectivity index (χ1v) is 9.84. The molecular weight excluding hydrogens is 358 g/mol. The number of benzene rings is 2. The summed E-state index contributed by atoms with van der Waals surface area (Å²) in [5, 5.41) is 3.54. The van der Waals surface area contributed by atoms with Crippen molar-refractivity contribution in [2.45, 2.75) is 38.1 Å². The Morgan fingerprint density at radius 2 is 1.96 bits per heavy atom. The molecule has 0 aliphatic carbocycles. The number of nitrogens with one attached hydrogen (secondary N) is 1. The largest absolute Gasteiger partial charge is 0.355 e. The summed E-state index contributed by atoms with van der Waals surface area (Å²) >= 11 is 1.30. The number of thioether (sulfide) groups is 1. The number of aryl methyl sites for hydroxylation is 2. The van der Waals surface area contributed by atoms with Gasteiger partial charge in [-0.1, -0.05) is 36.0 Å². The fourth-order valence-electron chi connectivity index (χ4n) is 2.89. The summed E-state index contributed by atoms with van der Waals surface area (Å²) in [4.78, 5) is 30.2. The van der Waals surface area contributed by atoms with E-state index in [4.69, 9.17) is 4.98 Å². The predicted octanol–water partition coefficient (Wildman–Crippen LogP) is 3.62. The van der Waals surface area contributed by atoms with E-state index in [-0.39, 0.29) is 16.7 Å². The van der Waals surface area contributed by atoms with Gasteiger partial charge < -0.3 is 5.32 Å². The van der Waals surface area contributed by atoms with Crippen LogP contribution in [0.1, 0.15) is 25.0 Å². The molecule has 6 heteroatoms. The minimum Gasteiger partial charge on any atom is -0.355 e. The molecule has 0 bridgehead atoms. The summed E-state index contributed by atoms with van der Waals surface area (Å²) in [5.74, 6) is -0.0718. The van der Waals surface area contributed by atoms with Gasteiger partial charge >= 0.3 is 0 Å². The predicted molar refractivity (Wildman–Crippen MR) is 111 cm³/mol. The Morgan fingerprint density at radius 3 is 2.70 bits per heavy atom. The highest BCUT2D eigenvalue weighted by molar-refractivity contribution is 8.00. The monoisotopic (exact) mass is 381 g/mol. The number of hydrogen-bond acceptors (Lipinski definition) is 4. The molecule has 1 amide bonds. The topological polar surface area (TPSA) is 64.0 Å². The van der Waals surface area contributed by atoms with Crippen molar-refractivity contribution in [3.05, 3.63) is 63.9 Å². The quantitative estimate of drug-likeness (QED) is 0.542. The Hall–Kier alpha value is -2.60. The standard InChI is InChI=1S/C21H23N3O2S/c1-5-22-19(25)15(4)27-21-23-17-9-7-6-8-16(17)20(26)24(21)18-12-13(2)10-11-14(18)3/h6-12,15H,5H2,1-4H3,(H,22,25)/t15-/m0/s1. The number of aromatic nitrogens is 2. The van der Waals surface area contributed by atoms with Gasteiger partial charge in [-0.25, -0.2) is 4.98 Å². The van der Waals surface area contributed by atoms with Crippen molar-refractivity contribution in [1.29, 1.82) is 0 Å². The van der Waals surface area contributed by atoms with Gasteiger partial charge in [0.05, 0.1) is 21.8 Å². The number of carbonyl (C=O) groups excluding carboxylic acids is 1. The molecule has 0 saturated carbocycles. The van der Waals surface area contributed by atoms with Crippen LogP contribution >= 0.6 is 11.8 Å². The fraction of sp³-hybridized carbons (Fsp3) is 0.286. The van der Waals surface area contributed by atoms with E-state index in [1.54, 1.807) is 10.6 Å². The van der Waals surface area contributed by atoms with Gasteiger partial charge in [-0.05, 0) is 57.0 Å². The molecule has 1 aromatic heterocycles. The minimum absolute atomic E-state index is 0.0718. The maximum atomic E-state index is 13.3. The van der Waals surface area contributed by atoms with E-state index in [9.17, 15) is 9.59 Å². The first-order chi connectivity index (χ1) is 12.9. The van der Waals surface area contributed by atoms with Crippen LogP contribution in [-0.4, -0.2) is 27.3 Å². The zero-order chi connectivity index (χ0) is 19.6. The SMILES string of the molecule is CCNC(=O)[C@H](C)Sc1nc2ccccc2c(=O)n1-c1cc(C)ccc1C. The summed E-state index contributed by atoms with van der Waals surface area (Å²) in [7, 11) is 0. The molecule has 0 spiro atoms. The van der Waals surface area contributed by atoms with Gasteiger partial charge in [0.2, 0.25) is 5.91 Å². The molecule has 1 atom stereocenters. The van der Waals surface area contributed by atoms with E-state index in [1.807, 2.05) is 64.1 Å². The maximum Gasteiger partial charge on any atom is 0.266 e. The lowest BCUT2D eigenvalue weighted by Crippen LogP contribution is -2.31. The summed E-state index contributed by atoms with van der Waals surface area (Å²) in [6.07, 6.45) is 0. The molecule has 2 aromatic carbocycles. The third-order valence-corrected chi connectivity index (χ3v) is 5.41. The normalized spacial score (nSPS) is 12.1. The first kappa shape index (κ1) is 19.2. The number of hydrogen-bond donors (Lipinski definition) is 1. The van der Waals surface area contributed by atoms with Crippen LogP contribution in [-0.2, 0) is 4.79 Å². The Labute approximate surface area is 162 Å². The van der Waals surface area contributed by atoms with Crippen molar-refractivity contribution in [3.8, 4) is 5.69 Å². The molecule has 5 nitrogen and oxygen atoms in total. The summed E-state index contributed by atoms with van der Waals surface area (Å²) in [6.45, 7) is 8.24. The Kier molecular flexibility index (Phi) is 5.65. The molecule has 1 heterocycles. The Bertz CT molecular complexity index is 1060. The number of fused-ring (bicyclic) bond motifs is 1. The highest BCUT2D eigenvalue weighted by Gasteiger charge is 2.20. The Balaban J connectivity index is 2.23. The van der Waals surface area contributed by atoms with E-state index in [0.29, 0.717) is 22.6 Å². The molecule has 3 aromatic rings. The maximum absolute atomic E-state index is 13.3. The van der Waals surface area contributed by atoms with Crippen molar-refractivity contribution in [3.63, 3.8) is 0 Å². The third-order valence-electron chi connectivity index (χ3n) is 4.35. The van der Waals surface area contributed by atoms with Crippen molar-refractivity contribution in [2.24, 2.45) is 0 Å². The van der Waals surface area contributed by atoms with Gasteiger partial charge in [0, 0.05) is 6.54 Å². The van der Waals surface area contributed by atoms with Crippen LogP contribution < -0.4 is 10.9 Å². The van der Waals surface area contributed by atoms with E-state index in [2.05, 4.69) is 5.32 Å². The molecule has 0 saturated heterocycles. The number of rotatable bonds is 5. The second-order valence-corrected chi connectivity index (χ2v) is 7.80. The third kappa shape index (κ3) is 3.90. The summed E-state index contributed by atoms with van der Waals surface area (Å²) in [5.41, 5.74) is 3.34. The van der Waals surface area contributed by atoms with Crippen molar-refractivity contribution in [2.75, 3.05) is 6.54 Å². The number of carbonyl (C=O) groups is 1.